The minimum absolute atomic E-state index is 0.100. The first-order valence-corrected chi connectivity index (χ1v) is 8.12. The zero-order valence-electron chi connectivity index (χ0n) is 14.1. The van der Waals surface area contributed by atoms with Crippen LogP contribution in [0.5, 0.6) is 0 Å². The monoisotopic (exact) mass is 348 g/mol. The molecule has 0 spiro atoms. The molecule has 8 nitrogen and oxygen atoms in total. The molecule has 0 bridgehead atoms. The lowest BCUT2D eigenvalue weighted by Crippen LogP contribution is -2.24. The minimum atomic E-state index is -0.100. The molecule has 0 atom stereocenters. The number of nitrogens with one attached hydrogen (secondary N) is 1. The van der Waals surface area contributed by atoms with Gasteiger partial charge in [0.15, 0.2) is 0 Å². The molecule has 0 aliphatic heterocycles. The fourth-order valence-electron chi connectivity index (χ4n) is 2.64. The minimum Gasteiger partial charge on any atom is -0.347 e. The van der Waals surface area contributed by atoms with Crippen molar-refractivity contribution in [1.29, 1.82) is 0 Å². The molecular weight excluding hydrogens is 332 g/mol. The molecule has 0 radical (unpaired) electrons. The molecule has 4 rings (SSSR count). The van der Waals surface area contributed by atoms with Crippen molar-refractivity contribution in [3.63, 3.8) is 0 Å². The number of nitrogens with zero attached hydrogens (tertiary/aromatic N) is 5. The van der Waals surface area contributed by atoms with Crippen LogP contribution in [0.1, 0.15) is 11.5 Å². The molecule has 0 aliphatic rings. The van der Waals surface area contributed by atoms with Crippen molar-refractivity contribution >= 4 is 16.9 Å². The molecule has 1 N–H and O–H groups in total. The summed E-state index contributed by atoms with van der Waals surface area (Å²) in [7, 11) is 1.83. The van der Waals surface area contributed by atoms with Gasteiger partial charge in [-0.15, -0.1) is 5.10 Å². The Bertz CT molecular complexity index is 1050. The summed E-state index contributed by atoms with van der Waals surface area (Å²) in [6.45, 7) is 0.187. The van der Waals surface area contributed by atoms with E-state index in [1.165, 1.54) is 0 Å². The lowest BCUT2D eigenvalue weighted by molar-refractivity contribution is -0.120. The number of benzene rings is 2. The summed E-state index contributed by atoms with van der Waals surface area (Å²) in [5.41, 5.74) is 3.41. The summed E-state index contributed by atoms with van der Waals surface area (Å²) in [6.07, 6.45) is 0.311. The summed E-state index contributed by atoms with van der Waals surface area (Å²) >= 11 is 0. The Morgan fingerprint density at radius 2 is 2.04 bits per heavy atom. The summed E-state index contributed by atoms with van der Waals surface area (Å²) in [4.78, 5) is 16.3. The van der Waals surface area contributed by atoms with Gasteiger partial charge in [0.05, 0.1) is 18.5 Å². The average molecular weight is 348 g/mol. The van der Waals surface area contributed by atoms with Crippen molar-refractivity contribution in [3.8, 4) is 11.4 Å². The van der Waals surface area contributed by atoms with Crippen LogP contribution in [0.3, 0.4) is 0 Å². The summed E-state index contributed by atoms with van der Waals surface area (Å²) in [5, 5.41) is 14.8. The van der Waals surface area contributed by atoms with E-state index < -0.39 is 0 Å². The number of fused-ring (bicyclic) bond motifs is 1. The van der Waals surface area contributed by atoms with E-state index >= 15 is 0 Å². The normalized spacial score (nSPS) is 11.0. The third-order valence-corrected chi connectivity index (χ3v) is 3.98. The number of aryl methyl sites for hydroxylation is 1. The van der Waals surface area contributed by atoms with Crippen LogP contribution >= 0.6 is 0 Å². The van der Waals surface area contributed by atoms with Gasteiger partial charge in [-0.2, -0.15) is 4.98 Å². The van der Waals surface area contributed by atoms with Crippen LogP contribution in [-0.4, -0.2) is 31.0 Å². The molecule has 2 aromatic heterocycles. The van der Waals surface area contributed by atoms with Crippen LogP contribution in [0.2, 0.25) is 0 Å². The van der Waals surface area contributed by atoms with E-state index in [-0.39, 0.29) is 12.5 Å². The Hall–Kier alpha value is -3.55. The molecule has 0 aliphatic carbocycles. The van der Waals surface area contributed by atoms with Crippen molar-refractivity contribution in [1.82, 2.24) is 30.5 Å². The topological polar surface area (TPSA) is 98.7 Å². The predicted octanol–water partition coefficient (Wildman–Crippen LogP) is 1.88. The number of rotatable bonds is 5. The smallest absolute Gasteiger partial charge is 0.246 e. The van der Waals surface area contributed by atoms with Gasteiger partial charge in [0.25, 0.3) is 0 Å². The average Bonchev–Trinajstić information content (AvgIpc) is 3.28. The Balaban J connectivity index is 1.41. The second-order valence-electron chi connectivity index (χ2n) is 5.87. The van der Waals surface area contributed by atoms with Crippen LogP contribution in [0, 0.1) is 0 Å². The standard InChI is InChI=1S/C18H16N6O2/c1-24-15-8-7-13(10-14(15)21-23-24)18-20-17(26-22-18)11-19-16(25)9-12-5-3-2-4-6-12/h2-8,10H,9,11H2,1H3,(H,19,25). The van der Waals surface area contributed by atoms with Crippen LogP contribution < -0.4 is 5.32 Å². The maximum absolute atomic E-state index is 12.0. The highest BCUT2D eigenvalue weighted by Gasteiger charge is 2.12. The molecule has 0 saturated carbocycles. The van der Waals surface area contributed by atoms with E-state index in [9.17, 15) is 4.79 Å². The first-order valence-electron chi connectivity index (χ1n) is 8.12. The van der Waals surface area contributed by atoms with E-state index in [1.807, 2.05) is 55.6 Å². The van der Waals surface area contributed by atoms with Gasteiger partial charge >= 0.3 is 0 Å². The molecule has 2 aromatic carbocycles. The Labute approximate surface area is 148 Å². The molecular formula is C18H16N6O2. The van der Waals surface area contributed by atoms with E-state index in [4.69, 9.17) is 4.52 Å². The Kier molecular flexibility index (Phi) is 4.14. The number of amides is 1. The fourth-order valence-corrected chi connectivity index (χ4v) is 2.64. The van der Waals surface area contributed by atoms with Crippen LogP contribution in [0.4, 0.5) is 0 Å². The Morgan fingerprint density at radius 3 is 2.88 bits per heavy atom. The van der Waals surface area contributed by atoms with Gasteiger partial charge in [-0.3, -0.25) is 4.79 Å². The van der Waals surface area contributed by atoms with Crippen LogP contribution in [0.15, 0.2) is 53.1 Å². The van der Waals surface area contributed by atoms with Gasteiger partial charge in [-0.25, -0.2) is 4.68 Å². The molecule has 0 saturated heterocycles. The number of hydrogen-bond acceptors (Lipinski definition) is 6. The van der Waals surface area contributed by atoms with E-state index in [0.29, 0.717) is 18.1 Å². The van der Waals surface area contributed by atoms with Crippen molar-refractivity contribution in [2.24, 2.45) is 7.05 Å². The largest absolute Gasteiger partial charge is 0.347 e. The van der Waals surface area contributed by atoms with Gasteiger partial charge in [-0.05, 0) is 23.8 Å². The highest BCUT2D eigenvalue weighted by atomic mass is 16.5. The number of hydrogen-bond donors (Lipinski definition) is 1. The van der Waals surface area contributed by atoms with Crippen LogP contribution in [-0.2, 0) is 24.8 Å². The van der Waals surface area contributed by atoms with Crippen molar-refractivity contribution in [2.75, 3.05) is 0 Å². The third kappa shape index (κ3) is 3.30. The molecule has 0 fully saturated rings. The highest BCUT2D eigenvalue weighted by Crippen LogP contribution is 2.20. The van der Waals surface area contributed by atoms with Crippen LogP contribution in [0.25, 0.3) is 22.4 Å². The van der Waals surface area contributed by atoms with Gasteiger partial charge in [0.1, 0.15) is 5.52 Å². The quantitative estimate of drug-likeness (QED) is 0.591. The molecule has 130 valence electrons. The maximum Gasteiger partial charge on any atom is 0.246 e. The third-order valence-electron chi connectivity index (χ3n) is 3.98. The zero-order valence-corrected chi connectivity index (χ0v) is 14.1. The van der Waals surface area contributed by atoms with E-state index in [2.05, 4.69) is 25.8 Å². The van der Waals surface area contributed by atoms with Gasteiger partial charge in [0.2, 0.25) is 17.6 Å². The molecule has 1 amide bonds. The van der Waals surface area contributed by atoms with Crippen molar-refractivity contribution < 1.29 is 9.32 Å². The van der Waals surface area contributed by atoms with Crippen molar-refractivity contribution in [2.45, 2.75) is 13.0 Å². The lowest BCUT2D eigenvalue weighted by atomic mass is 10.1. The summed E-state index contributed by atoms with van der Waals surface area (Å²) < 4.78 is 6.92. The fraction of sp³-hybridized carbons (Fsp3) is 0.167. The molecule has 8 heteroatoms. The first kappa shape index (κ1) is 15.9. The predicted molar refractivity (Wildman–Crippen MR) is 93.8 cm³/mol. The molecule has 26 heavy (non-hydrogen) atoms. The lowest BCUT2D eigenvalue weighted by Gasteiger charge is -2.02. The second-order valence-corrected chi connectivity index (χ2v) is 5.87. The summed E-state index contributed by atoms with van der Waals surface area (Å²) in [5.74, 6) is 0.697. The maximum atomic E-state index is 12.0. The van der Waals surface area contributed by atoms with Crippen molar-refractivity contribution in [3.05, 3.63) is 60.0 Å². The Morgan fingerprint density at radius 1 is 1.19 bits per heavy atom. The van der Waals surface area contributed by atoms with E-state index in [1.54, 1.807) is 4.68 Å². The number of carbonyl (C=O) groups excluding carboxylic acids is 1. The molecule has 4 aromatic rings. The van der Waals surface area contributed by atoms with Gasteiger partial charge in [0, 0.05) is 12.6 Å². The molecule has 0 unspecified atom stereocenters. The highest BCUT2D eigenvalue weighted by molar-refractivity contribution is 5.80. The summed E-state index contributed by atoms with van der Waals surface area (Å²) in [6, 6.07) is 15.2. The van der Waals surface area contributed by atoms with Gasteiger partial charge in [-0.1, -0.05) is 40.7 Å². The second kappa shape index (κ2) is 6.75. The first-order chi connectivity index (χ1) is 12.7. The number of carbonyl (C=O) groups is 1. The van der Waals surface area contributed by atoms with Gasteiger partial charge < -0.3 is 9.84 Å². The SMILES string of the molecule is Cn1nnc2cc(-c3noc(CNC(=O)Cc4ccccc4)n3)ccc21. The van der Waals surface area contributed by atoms with E-state index in [0.717, 1.165) is 22.2 Å². The number of aromatic nitrogens is 5. The molecule has 2 heterocycles. The zero-order chi connectivity index (χ0) is 17.9.